The van der Waals surface area contributed by atoms with Crippen LogP contribution in [0.1, 0.15) is 15.9 Å². The molecule has 1 aliphatic heterocycles. The van der Waals surface area contributed by atoms with Crippen molar-refractivity contribution >= 4 is 5.91 Å². The number of carbonyl (C=O) groups excluding carboxylic acids is 1. The molecule has 1 amide bonds. The van der Waals surface area contributed by atoms with Crippen LogP contribution < -0.4 is 10.6 Å². The Kier molecular flexibility index (Phi) is 3.93. The number of rotatable bonds is 3. The molecular formula is C13H17FN2O2. The standard InChI is InChI=1S/C13H17FN2O2/c1-8-5-9(14)3-4-10(8)13(17)16-11-6-15-7-12(11)18-2/h3-5,11-12,15H,6-7H2,1-2H3,(H,16,17)/t11?,12-/m0/s1. The zero-order valence-electron chi connectivity index (χ0n) is 10.5. The Bertz CT molecular complexity index is 451. The van der Waals surface area contributed by atoms with Crippen LogP contribution in [0.4, 0.5) is 4.39 Å². The Labute approximate surface area is 106 Å². The van der Waals surface area contributed by atoms with E-state index in [4.69, 9.17) is 4.74 Å². The lowest BCUT2D eigenvalue weighted by Crippen LogP contribution is -2.43. The normalized spacial score (nSPS) is 23.1. The van der Waals surface area contributed by atoms with Gasteiger partial charge >= 0.3 is 0 Å². The van der Waals surface area contributed by atoms with E-state index >= 15 is 0 Å². The van der Waals surface area contributed by atoms with E-state index in [9.17, 15) is 9.18 Å². The molecule has 0 radical (unpaired) electrons. The second-order valence-electron chi connectivity index (χ2n) is 4.47. The summed E-state index contributed by atoms with van der Waals surface area (Å²) < 4.78 is 18.2. The van der Waals surface area contributed by atoms with Crippen LogP contribution in [0.15, 0.2) is 18.2 Å². The number of benzene rings is 1. The third kappa shape index (κ3) is 2.68. The number of nitrogens with one attached hydrogen (secondary N) is 2. The topological polar surface area (TPSA) is 50.4 Å². The van der Waals surface area contributed by atoms with E-state index in [2.05, 4.69) is 10.6 Å². The van der Waals surface area contributed by atoms with Crippen molar-refractivity contribution in [3.05, 3.63) is 35.1 Å². The molecular weight excluding hydrogens is 235 g/mol. The monoisotopic (exact) mass is 252 g/mol. The molecule has 1 saturated heterocycles. The number of amides is 1. The lowest BCUT2D eigenvalue weighted by atomic mass is 10.1. The van der Waals surface area contributed by atoms with Crippen molar-refractivity contribution < 1.29 is 13.9 Å². The van der Waals surface area contributed by atoms with Gasteiger partial charge in [-0.1, -0.05) is 0 Å². The highest BCUT2D eigenvalue weighted by molar-refractivity contribution is 5.95. The van der Waals surface area contributed by atoms with Crippen LogP contribution in [-0.4, -0.2) is 38.3 Å². The first-order valence-electron chi connectivity index (χ1n) is 5.92. The van der Waals surface area contributed by atoms with Crippen molar-refractivity contribution in [2.75, 3.05) is 20.2 Å². The van der Waals surface area contributed by atoms with E-state index in [1.807, 2.05) is 0 Å². The Hall–Kier alpha value is -1.46. The Morgan fingerprint density at radius 3 is 2.94 bits per heavy atom. The fourth-order valence-electron chi connectivity index (χ4n) is 2.17. The second kappa shape index (κ2) is 5.46. The Morgan fingerprint density at radius 1 is 1.50 bits per heavy atom. The minimum atomic E-state index is -0.332. The summed E-state index contributed by atoms with van der Waals surface area (Å²) in [4.78, 5) is 12.1. The van der Waals surface area contributed by atoms with Gasteiger partial charge in [0.2, 0.25) is 0 Å². The largest absolute Gasteiger partial charge is 0.378 e. The number of hydrogen-bond donors (Lipinski definition) is 2. The molecule has 18 heavy (non-hydrogen) atoms. The van der Waals surface area contributed by atoms with Crippen LogP contribution >= 0.6 is 0 Å². The van der Waals surface area contributed by atoms with Gasteiger partial charge in [-0.15, -0.1) is 0 Å². The summed E-state index contributed by atoms with van der Waals surface area (Å²) >= 11 is 0. The minimum Gasteiger partial charge on any atom is -0.378 e. The minimum absolute atomic E-state index is 0.0188. The first-order valence-corrected chi connectivity index (χ1v) is 5.92. The molecule has 0 aromatic heterocycles. The van der Waals surface area contributed by atoms with Gasteiger partial charge in [-0.25, -0.2) is 4.39 Å². The summed E-state index contributed by atoms with van der Waals surface area (Å²) in [6.07, 6.45) is -0.0188. The average Bonchev–Trinajstić information content (AvgIpc) is 2.76. The van der Waals surface area contributed by atoms with Gasteiger partial charge in [0.1, 0.15) is 5.82 Å². The average molecular weight is 252 g/mol. The van der Waals surface area contributed by atoms with Gasteiger partial charge in [0.15, 0.2) is 0 Å². The van der Waals surface area contributed by atoms with E-state index in [1.54, 1.807) is 14.0 Å². The summed E-state index contributed by atoms with van der Waals surface area (Å²) in [5.41, 5.74) is 1.13. The zero-order valence-corrected chi connectivity index (χ0v) is 10.5. The van der Waals surface area contributed by atoms with Crippen LogP contribution in [-0.2, 0) is 4.74 Å². The molecule has 5 heteroatoms. The Morgan fingerprint density at radius 2 is 2.28 bits per heavy atom. The third-order valence-electron chi connectivity index (χ3n) is 3.21. The number of hydrogen-bond acceptors (Lipinski definition) is 3. The molecule has 2 atom stereocenters. The maximum Gasteiger partial charge on any atom is 0.251 e. The summed E-state index contributed by atoms with van der Waals surface area (Å²) in [6, 6.07) is 4.11. The van der Waals surface area contributed by atoms with Crippen molar-refractivity contribution in [1.29, 1.82) is 0 Å². The van der Waals surface area contributed by atoms with Crippen LogP contribution in [0, 0.1) is 12.7 Å². The Balaban J connectivity index is 2.07. The number of ether oxygens (including phenoxy) is 1. The van der Waals surface area contributed by atoms with Crippen molar-refractivity contribution in [3.63, 3.8) is 0 Å². The fraction of sp³-hybridized carbons (Fsp3) is 0.462. The lowest BCUT2D eigenvalue weighted by molar-refractivity contribution is 0.0779. The molecule has 98 valence electrons. The van der Waals surface area contributed by atoms with Crippen LogP contribution in [0.2, 0.25) is 0 Å². The number of aryl methyl sites for hydroxylation is 1. The molecule has 2 N–H and O–H groups in total. The molecule has 1 unspecified atom stereocenters. The molecule has 2 rings (SSSR count). The smallest absolute Gasteiger partial charge is 0.251 e. The predicted octanol–water partition coefficient (Wildman–Crippen LogP) is 0.851. The highest BCUT2D eigenvalue weighted by Gasteiger charge is 2.28. The molecule has 0 aliphatic carbocycles. The van der Waals surface area contributed by atoms with E-state index in [1.165, 1.54) is 18.2 Å². The van der Waals surface area contributed by atoms with Crippen LogP contribution in [0.25, 0.3) is 0 Å². The van der Waals surface area contributed by atoms with E-state index in [-0.39, 0.29) is 23.9 Å². The van der Waals surface area contributed by atoms with Crippen molar-refractivity contribution in [2.45, 2.75) is 19.1 Å². The van der Waals surface area contributed by atoms with Gasteiger partial charge < -0.3 is 15.4 Å². The number of carbonyl (C=O) groups is 1. The maximum absolute atomic E-state index is 13.0. The second-order valence-corrected chi connectivity index (χ2v) is 4.47. The molecule has 4 nitrogen and oxygen atoms in total. The zero-order chi connectivity index (χ0) is 13.1. The summed E-state index contributed by atoms with van der Waals surface area (Å²) in [5, 5.41) is 6.06. The summed E-state index contributed by atoms with van der Waals surface area (Å²) in [7, 11) is 1.62. The molecule has 1 aromatic rings. The third-order valence-corrected chi connectivity index (χ3v) is 3.21. The number of halogens is 1. The number of methoxy groups -OCH3 is 1. The molecule has 1 aliphatic rings. The maximum atomic E-state index is 13.0. The summed E-state index contributed by atoms with van der Waals surface area (Å²) in [6.45, 7) is 3.13. The highest BCUT2D eigenvalue weighted by Crippen LogP contribution is 2.11. The van der Waals surface area contributed by atoms with Gasteiger partial charge in [0, 0.05) is 25.8 Å². The van der Waals surface area contributed by atoms with Gasteiger partial charge in [-0.05, 0) is 30.7 Å². The SMILES string of the molecule is CO[C@H]1CNCC1NC(=O)c1ccc(F)cc1C. The van der Waals surface area contributed by atoms with Gasteiger partial charge in [-0.2, -0.15) is 0 Å². The van der Waals surface area contributed by atoms with Gasteiger partial charge in [-0.3, -0.25) is 4.79 Å². The van der Waals surface area contributed by atoms with Gasteiger partial charge in [0.25, 0.3) is 5.91 Å². The van der Waals surface area contributed by atoms with E-state index in [0.717, 1.165) is 6.54 Å². The quantitative estimate of drug-likeness (QED) is 0.838. The molecule has 1 aromatic carbocycles. The summed E-state index contributed by atoms with van der Waals surface area (Å²) in [5.74, 6) is -0.524. The molecule has 0 bridgehead atoms. The molecule has 1 fully saturated rings. The first-order chi connectivity index (χ1) is 8.61. The predicted molar refractivity (Wildman–Crippen MR) is 66.1 cm³/mol. The van der Waals surface area contributed by atoms with Crippen molar-refractivity contribution in [3.8, 4) is 0 Å². The molecule has 0 saturated carbocycles. The van der Waals surface area contributed by atoms with Gasteiger partial charge in [0.05, 0.1) is 12.1 Å². The van der Waals surface area contributed by atoms with E-state index < -0.39 is 0 Å². The first kappa shape index (κ1) is 13.0. The lowest BCUT2D eigenvalue weighted by Gasteiger charge is -2.19. The highest BCUT2D eigenvalue weighted by atomic mass is 19.1. The van der Waals surface area contributed by atoms with Crippen molar-refractivity contribution in [2.24, 2.45) is 0 Å². The molecule has 0 spiro atoms. The molecule has 1 heterocycles. The van der Waals surface area contributed by atoms with Crippen LogP contribution in [0.3, 0.4) is 0 Å². The van der Waals surface area contributed by atoms with Crippen molar-refractivity contribution in [1.82, 2.24) is 10.6 Å². The van der Waals surface area contributed by atoms with Crippen LogP contribution in [0.5, 0.6) is 0 Å². The fourth-order valence-corrected chi connectivity index (χ4v) is 2.17. The van der Waals surface area contributed by atoms with E-state index in [0.29, 0.717) is 17.7 Å².